The molecule has 5 rings (SSSR count). The molecule has 2 saturated heterocycles. The molecule has 196 valence electrons. The summed E-state index contributed by atoms with van der Waals surface area (Å²) in [5.74, 6) is -1.59. The van der Waals surface area contributed by atoms with Gasteiger partial charge in [0.1, 0.15) is 11.9 Å². The fraction of sp³-hybridized carbons (Fsp3) is 0.423. The third-order valence-electron chi connectivity index (χ3n) is 7.35. The van der Waals surface area contributed by atoms with Crippen LogP contribution >= 0.6 is 0 Å². The highest BCUT2D eigenvalue weighted by Gasteiger charge is 2.40. The van der Waals surface area contributed by atoms with E-state index in [1.165, 1.54) is 15.3 Å². The van der Waals surface area contributed by atoms with Crippen LogP contribution in [0.15, 0.2) is 41.3 Å². The first-order chi connectivity index (χ1) is 17.6. The zero-order valence-electron chi connectivity index (χ0n) is 20.7. The Morgan fingerprint density at radius 3 is 2.30 bits per heavy atom. The average Bonchev–Trinajstić information content (AvgIpc) is 3.18. The Labute approximate surface area is 215 Å². The van der Waals surface area contributed by atoms with Gasteiger partial charge in [-0.05, 0) is 47.7 Å². The normalized spacial score (nSPS) is 21.0. The lowest BCUT2D eigenvalue weighted by atomic mass is 10.0. The van der Waals surface area contributed by atoms with Crippen molar-refractivity contribution >= 4 is 33.4 Å². The number of anilines is 1. The van der Waals surface area contributed by atoms with E-state index >= 15 is 4.39 Å². The Morgan fingerprint density at radius 2 is 1.68 bits per heavy atom. The molecule has 1 atom stereocenters. The number of fused-ring (bicyclic) bond motifs is 1. The van der Waals surface area contributed by atoms with Crippen LogP contribution in [0.3, 0.4) is 0 Å². The van der Waals surface area contributed by atoms with Gasteiger partial charge in [0.15, 0.2) is 0 Å². The van der Waals surface area contributed by atoms with Crippen LogP contribution in [0, 0.1) is 5.82 Å². The zero-order chi connectivity index (χ0) is 26.5. The molecule has 0 radical (unpaired) electrons. The third kappa shape index (κ3) is 4.61. The lowest BCUT2D eigenvalue weighted by Gasteiger charge is -2.35. The maximum atomic E-state index is 15.1. The summed E-state index contributed by atoms with van der Waals surface area (Å²) in [6.45, 7) is 5.23. The summed E-state index contributed by atoms with van der Waals surface area (Å²) in [7, 11) is -3.67. The van der Waals surface area contributed by atoms with E-state index in [1.54, 1.807) is 23.1 Å². The molecule has 0 spiro atoms. The number of carbonyl (C=O) groups excluding carboxylic acids is 3. The van der Waals surface area contributed by atoms with Crippen molar-refractivity contribution in [2.75, 3.05) is 31.1 Å². The summed E-state index contributed by atoms with van der Waals surface area (Å²) in [4.78, 5) is 40.1. The van der Waals surface area contributed by atoms with Gasteiger partial charge >= 0.3 is 0 Å². The molecule has 0 aromatic heterocycles. The Hall–Kier alpha value is -3.31. The fourth-order valence-corrected chi connectivity index (χ4v) is 6.58. The summed E-state index contributed by atoms with van der Waals surface area (Å²) in [6.07, 6.45) is 0.377. The van der Waals surface area contributed by atoms with E-state index in [0.29, 0.717) is 30.3 Å². The van der Waals surface area contributed by atoms with Crippen molar-refractivity contribution in [3.8, 4) is 0 Å². The Kier molecular flexibility index (Phi) is 6.53. The Morgan fingerprint density at radius 1 is 1.00 bits per heavy atom. The average molecular weight is 529 g/mol. The van der Waals surface area contributed by atoms with Crippen LogP contribution in [-0.4, -0.2) is 67.6 Å². The van der Waals surface area contributed by atoms with Gasteiger partial charge in [-0.1, -0.05) is 26.0 Å². The number of sulfonamides is 1. The number of benzene rings is 2. The minimum Gasteiger partial charge on any atom is -0.367 e. The van der Waals surface area contributed by atoms with Crippen molar-refractivity contribution in [1.82, 2.24) is 14.5 Å². The molecular formula is C26H29FN4O5S. The SMILES string of the molecule is CC(C)c1ccc(S(=O)(=O)N2CCN(c3cc4c(cc3F)C(=O)N(C3CCC(=O)NC3=O)C4)CC2)cc1. The Bertz CT molecular complexity index is 1370. The van der Waals surface area contributed by atoms with Gasteiger partial charge in [0.2, 0.25) is 21.8 Å². The number of halogens is 1. The predicted octanol–water partition coefficient (Wildman–Crippen LogP) is 2.22. The van der Waals surface area contributed by atoms with E-state index in [4.69, 9.17) is 0 Å². The second-order valence-electron chi connectivity index (χ2n) is 9.98. The molecule has 0 aliphatic carbocycles. The first kappa shape index (κ1) is 25.3. The number of rotatable bonds is 5. The molecule has 1 N–H and O–H groups in total. The maximum Gasteiger partial charge on any atom is 0.255 e. The molecular weight excluding hydrogens is 499 g/mol. The quantitative estimate of drug-likeness (QED) is 0.597. The van der Waals surface area contributed by atoms with E-state index in [2.05, 4.69) is 5.32 Å². The number of nitrogens with one attached hydrogen (secondary N) is 1. The van der Waals surface area contributed by atoms with E-state index in [-0.39, 0.29) is 48.8 Å². The monoisotopic (exact) mass is 528 g/mol. The molecule has 3 heterocycles. The van der Waals surface area contributed by atoms with Gasteiger partial charge in [-0.2, -0.15) is 4.31 Å². The molecule has 3 amide bonds. The van der Waals surface area contributed by atoms with Gasteiger partial charge in [0.25, 0.3) is 5.91 Å². The molecule has 3 aliphatic rings. The minimum absolute atomic E-state index is 0.144. The molecule has 11 heteroatoms. The topological polar surface area (TPSA) is 107 Å². The van der Waals surface area contributed by atoms with E-state index in [0.717, 1.165) is 5.56 Å². The molecule has 2 fully saturated rings. The lowest BCUT2D eigenvalue weighted by Crippen LogP contribution is -2.52. The van der Waals surface area contributed by atoms with Crippen LogP contribution in [-0.2, 0) is 26.2 Å². The molecule has 2 aromatic carbocycles. The van der Waals surface area contributed by atoms with E-state index in [9.17, 15) is 22.8 Å². The first-order valence-corrected chi connectivity index (χ1v) is 13.8. The van der Waals surface area contributed by atoms with Crippen LogP contribution in [0.2, 0.25) is 0 Å². The number of piperazine rings is 1. The number of hydrogen-bond donors (Lipinski definition) is 1. The van der Waals surface area contributed by atoms with Crippen molar-refractivity contribution in [2.24, 2.45) is 0 Å². The zero-order valence-corrected chi connectivity index (χ0v) is 21.6. The number of imide groups is 1. The fourth-order valence-electron chi connectivity index (χ4n) is 5.16. The number of carbonyl (C=O) groups is 3. The third-order valence-corrected chi connectivity index (χ3v) is 9.27. The molecule has 0 bridgehead atoms. The number of amides is 3. The van der Waals surface area contributed by atoms with Crippen molar-refractivity contribution in [3.63, 3.8) is 0 Å². The lowest BCUT2D eigenvalue weighted by molar-refractivity contribution is -0.136. The standard InChI is InChI=1S/C26H29FN4O5S/c1-16(2)17-3-5-19(6-4-17)37(35,36)30-11-9-29(10-12-30)23-13-18-15-31(26(34)20(18)14-21(23)27)22-7-8-24(32)28-25(22)33/h3-6,13-14,16,22H,7-12,15H2,1-2H3,(H,28,32,33). The highest BCUT2D eigenvalue weighted by atomic mass is 32.2. The minimum atomic E-state index is -3.67. The first-order valence-electron chi connectivity index (χ1n) is 12.4. The van der Waals surface area contributed by atoms with Gasteiger partial charge in [-0.3, -0.25) is 19.7 Å². The van der Waals surface area contributed by atoms with Gasteiger partial charge in [-0.25, -0.2) is 12.8 Å². The number of piperidine rings is 1. The molecule has 0 saturated carbocycles. The molecule has 1 unspecified atom stereocenters. The van der Waals surface area contributed by atoms with Gasteiger partial charge in [0, 0.05) is 44.7 Å². The van der Waals surface area contributed by atoms with Crippen molar-refractivity contribution in [3.05, 3.63) is 58.9 Å². The van der Waals surface area contributed by atoms with Crippen LogP contribution in [0.4, 0.5) is 10.1 Å². The van der Waals surface area contributed by atoms with Crippen molar-refractivity contribution in [1.29, 1.82) is 0 Å². The molecule has 2 aromatic rings. The molecule has 3 aliphatic heterocycles. The van der Waals surface area contributed by atoms with Gasteiger partial charge < -0.3 is 9.80 Å². The van der Waals surface area contributed by atoms with Crippen LogP contribution in [0.1, 0.15) is 54.1 Å². The molecule has 37 heavy (non-hydrogen) atoms. The van der Waals surface area contributed by atoms with E-state index in [1.807, 2.05) is 26.0 Å². The smallest absolute Gasteiger partial charge is 0.255 e. The van der Waals surface area contributed by atoms with Crippen molar-refractivity contribution < 1.29 is 27.2 Å². The summed E-state index contributed by atoms with van der Waals surface area (Å²) in [5, 5.41) is 2.26. The van der Waals surface area contributed by atoms with Crippen LogP contribution in [0.25, 0.3) is 0 Å². The predicted molar refractivity (Wildman–Crippen MR) is 134 cm³/mol. The van der Waals surface area contributed by atoms with E-state index < -0.39 is 33.7 Å². The van der Waals surface area contributed by atoms with Gasteiger partial charge in [0.05, 0.1) is 10.6 Å². The number of nitrogens with zero attached hydrogens (tertiary/aromatic N) is 3. The second kappa shape index (κ2) is 9.53. The highest BCUT2D eigenvalue weighted by Crippen LogP contribution is 2.33. The highest BCUT2D eigenvalue weighted by molar-refractivity contribution is 7.89. The molecule has 9 nitrogen and oxygen atoms in total. The number of hydrogen-bond acceptors (Lipinski definition) is 6. The van der Waals surface area contributed by atoms with Gasteiger partial charge in [-0.15, -0.1) is 0 Å². The summed E-state index contributed by atoms with van der Waals surface area (Å²) < 4.78 is 42.8. The second-order valence-corrected chi connectivity index (χ2v) is 11.9. The Balaban J connectivity index is 1.29. The maximum absolute atomic E-state index is 15.1. The summed E-state index contributed by atoms with van der Waals surface area (Å²) >= 11 is 0. The largest absolute Gasteiger partial charge is 0.367 e. The van der Waals surface area contributed by atoms with Crippen LogP contribution in [0.5, 0.6) is 0 Å². The summed E-state index contributed by atoms with van der Waals surface area (Å²) in [6, 6.07) is 8.94. The summed E-state index contributed by atoms with van der Waals surface area (Å²) in [5.41, 5.74) is 2.17. The van der Waals surface area contributed by atoms with Crippen LogP contribution < -0.4 is 10.2 Å². The van der Waals surface area contributed by atoms with Crippen molar-refractivity contribution in [2.45, 2.75) is 50.1 Å².